The molecule has 56 heavy (non-hydrogen) atoms. The molecule has 8 aromatic carbocycles. The third-order valence-electron chi connectivity index (χ3n) is 9.43. The van der Waals surface area contributed by atoms with Gasteiger partial charge in [-0.25, -0.2) is 0 Å². The van der Waals surface area contributed by atoms with Gasteiger partial charge in [-0.2, -0.15) is 24.3 Å². The van der Waals surface area contributed by atoms with Crippen LogP contribution >= 0.6 is 15.8 Å². The second-order valence-corrected chi connectivity index (χ2v) is 19.0. The minimum atomic E-state index is 0. The Morgan fingerprint density at radius 2 is 0.625 bits per heavy atom. The van der Waals surface area contributed by atoms with Crippen LogP contribution in [0, 0.1) is 13.8 Å². The standard InChI is InChI=1S/2C15H20P.2C10H9.2ClH.2Ti/c2*1-3-9-16(10-4-2)15-11-13-7-5-6-8-14(13)12-15;2*1-8-6-9-4-2-3-5-10(9)7-8;;;;/h2*5-8,11-12H,3-4,9-10H2,1-2H3;2*2-7H,1H3;2*1H;;/q4*-1;;;2*+2/p-2. The van der Waals surface area contributed by atoms with Gasteiger partial charge in [0.15, 0.2) is 0 Å². The van der Waals surface area contributed by atoms with Crippen LogP contribution in [-0.4, -0.2) is 24.6 Å². The zero-order chi connectivity index (χ0) is 36.7. The van der Waals surface area contributed by atoms with Crippen LogP contribution < -0.4 is 35.4 Å². The molecule has 0 aliphatic rings. The number of rotatable bonds is 10. The van der Waals surface area contributed by atoms with Gasteiger partial charge in [0.05, 0.1) is 0 Å². The molecule has 0 saturated carbocycles. The second kappa shape index (κ2) is 27.8. The summed E-state index contributed by atoms with van der Waals surface area (Å²) in [4.78, 5) is 0. The van der Waals surface area contributed by atoms with Crippen LogP contribution in [0.25, 0.3) is 43.1 Å². The first-order valence-corrected chi connectivity index (χ1v) is 22.9. The summed E-state index contributed by atoms with van der Waals surface area (Å²) in [6.45, 7) is 13.4. The number of aryl methyl sites for hydroxylation is 2. The third-order valence-corrected chi connectivity index (χ3v) is 15.4. The SMILES string of the molecule is CCCP(CCC)c1cc2ccccc2[cH-]1.CCCP(CCC)c1cc2ccccc2[cH-]1.Cc1cc2ccccc2[cH-]1.Cc1cc2ccccc2[cH-]1.[Cl-].[Cl-].[Ti+2].[Ti+2]. The molecule has 0 aliphatic carbocycles. The molecule has 0 amide bonds. The third kappa shape index (κ3) is 15.4. The van der Waals surface area contributed by atoms with Crippen molar-refractivity contribution in [3.8, 4) is 0 Å². The fourth-order valence-corrected chi connectivity index (χ4v) is 12.0. The summed E-state index contributed by atoms with van der Waals surface area (Å²) in [5.74, 6) is 0. The summed E-state index contributed by atoms with van der Waals surface area (Å²) in [5.41, 5.74) is 2.70. The van der Waals surface area contributed by atoms with Crippen molar-refractivity contribution < 1.29 is 68.2 Å². The van der Waals surface area contributed by atoms with Crippen LogP contribution in [0.5, 0.6) is 0 Å². The van der Waals surface area contributed by atoms with E-state index in [1.807, 2.05) is 0 Å². The van der Waals surface area contributed by atoms with Crippen LogP contribution in [0.1, 0.15) is 64.5 Å². The van der Waals surface area contributed by atoms with Gasteiger partial charge in [0, 0.05) is 0 Å². The van der Waals surface area contributed by atoms with Crippen molar-refractivity contribution in [3.63, 3.8) is 0 Å². The molecule has 0 aliphatic heterocycles. The largest absolute Gasteiger partial charge is 2.00 e. The summed E-state index contributed by atoms with van der Waals surface area (Å²) in [5, 5.41) is 14.3. The average Bonchev–Trinajstić information content (AvgIpc) is 3.95. The van der Waals surface area contributed by atoms with Crippen molar-refractivity contribution in [1.82, 2.24) is 0 Å². The normalized spacial score (nSPS) is 10.3. The Kier molecular flexibility index (Phi) is 25.9. The van der Waals surface area contributed by atoms with Gasteiger partial charge in [0.1, 0.15) is 0 Å². The van der Waals surface area contributed by atoms with E-state index in [0.29, 0.717) is 0 Å². The average molecular weight is 888 g/mol. The molecule has 0 nitrogen and oxygen atoms in total. The molecule has 8 aromatic rings. The van der Waals surface area contributed by atoms with Gasteiger partial charge in [0.25, 0.3) is 0 Å². The Bertz CT molecular complexity index is 1920. The van der Waals surface area contributed by atoms with Crippen LogP contribution in [-0.2, 0) is 43.4 Å². The summed E-state index contributed by atoms with van der Waals surface area (Å²) >= 11 is 0. The Morgan fingerprint density at radius 3 is 0.875 bits per heavy atom. The molecular formula is C50H58Cl2P2Ti2-2. The Hall–Kier alpha value is -1.81. The van der Waals surface area contributed by atoms with E-state index in [9.17, 15) is 0 Å². The molecule has 0 radical (unpaired) electrons. The van der Waals surface area contributed by atoms with Gasteiger partial charge in [-0.15, -0.1) is 162 Å². The van der Waals surface area contributed by atoms with Crippen molar-refractivity contribution >= 4 is 69.5 Å². The number of halogens is 2. The zero-order valence-electron chi connectivity index (χ0n) is 34.2. The van der Waals surface area contributed by atoms with Crippen molar-refractivity contribution in [3.05, 3.63) is 157 Å². The molecule has 8 rings (SSSR count). The molecule has 0 aromatic heterocycles. The molecule has 6 heteroatoms. The van der Waals surface area contributed by atoms with E-state index in [1.165, 1.54) is 105 Å². The summed E-state index contributed by atoms with van der Waals surface area (Å²) < 4.78 is 0. The topological polar surface area (TPSA) is 0 Å². The maximum Gasteiger partial charge on any atom is 2.00 e. The minimum absolute atomic E-state index is 0. The van der Waals surface area contributed by atoms with E-state index in [2.05, 4.69) is 187 Å². The van der Waals surface area contributed by atoms with Crippen molar-refractivity contribution in [1.29, 1.82) is 0 Å². The Morgan fingerprint density at radius 1 is 0.375 bits per heavy atom. The predicted octanol–water partition coefficient (Wildman–Crippen LogP) is 8.71. The van der Waals surface area contributed by atoms with Crippen LogP contribution in [0.15, 0.2) is 146 Å². The van der Waals surface area contributed by atoms with Gasteiger partial charge < -0.3 is 24.8 Å². The van der Waals surface area contributed by atoms with Gasteiger partial charge in [-0.05, 0) is 24.6 Å². The molecule has 0 unspecified atom stereocenters. The van der Waals surface area contributed by atoms with Crippen molar-refractivity contribution in [2.45, 2.75) is 67.2 Å². The fourth-order valence-electron chi connectivity index (χ4n) is 7.07. The van der Waals surface area contributed by atoms with Crippen LogP contribution in [0.3, 0.4) is 0 Å². The maximum absolute atomic E-state index is 2.41. The second-order valence-electron chi connectivity index (χ2n) is 14.0. The first-order valence-electron chi connectivity index (χ1n) is 19.5. The summed E-state index contributed by atoms with van der Waals surface area (Å²) in [6.07, 6.45) is 10.8. The number of benzene rings is 4. The van der Waals surface area contributed by atoms with Gasteiger partial charge in [-0.3, -0.25) is 0 Å². The molecule has 0 spiro atoms. The Labute approximate surface area is 383 Å². The van der Waals surface area contributed by atoms with E-state index in [0.717, 1.165) is 0 Å². The first kappa shape index (κ1) is 52.2. The van der Waals surface area contributed by atoms with Crippen LogP contribution in [0.2, 0.25) is 0 Å². The first-order chi connectivity index (χ1) is 25.4. The summed E-state index contributed by atoms with van der Waals surface area (Å²) in [7, 11) is 0.194. The van der Waals surface area contributed by atoms with Gasteiger partial charge in [0.2, 0.25) is 0 Å². The fraction of sp³-hybridized carbons (Fsp3) is 0.280. The van der Waals surface area contributed by atoms with E-state index < -0.39 is 0 Å². The molecule has 0 atom stereocenters. The van der Waals surface area contributed by atoms with E-state index in [4.69, 9.17) is 0 Å². The summed E-state index contributed by atoms with van der Waals surface area (Å²) in [6, 6.07) is 52.7. The minimum Gasteiger partial charge on any atom is -1.00 e. The predicted molar refractivity (Wildman–Crippen MR) is 241 cm³/mol. The maximum atomic E-state index is 2.41. The quantitative estimate of drug-likeness (QED) is 0.0733. The molecule has 0 fully saturated rings. The van der Waals surface area contributed by atoms with Crippen LogP contribution in [0.4, 0.5) is 0 Å². The molecule has 0 bridgehead atoms. The van der Waals surface area contributed by atoms with E-state index in [-0.39, 0.29) is 84.1 Å². The van der Waals surface area contributed by atoms with E-state index >= 15 is 0 Å². The van der Waals surface area contributed by atoms with Gasteiger partial charge in [-0.1, -0.05) is 107 Å². The smallest absolute Gasteiger partial charge is 1.00 e. The molecule has 0 N–H and O–H groups in total. The number of fused-ring (bicyclic) bond motifs is 4. The monoisotopic (exact) mass is 886 g/mol. The van der Waals surface area contributed by atoms with Gasteiger partial charge >= 0.3 is 43.4 Å². The molecular weight excluding hydrogens is 829 g/mol. The van der Waals surface area contributed by atoms with E-state index in [1.54, 1.807) is 10.6 Å². The molecule has 0 saturated heterocycles. The molecule has 292 valence electrons. The number of hydrogen-bond donors (Lipinski definition) is 0. The molecule has 0 heterocycles. The zero-order valence-corrected chi connectivity index (χ0v) is 40.6. The van der Waals surface area contributed by atoms with Crippen molar-refractivity contribution in [2.75, 3.05) is 24.6 Å². The van der Waals surface area contributed by atoms with Crippen molar-refractivity contribution in [2.24, 2.45) is 0 Å². The number of hydrogen-bond acceptors (Lipinski definition) is 0. The Balaban J connectivity index is 0.000000372.